The molecule has 0 spiro atoms. The minimum atomic E-state index is 0.801. The lowest BCUT2D eigenvalue weighted by atomic mass is 10.1. The van der Waals surface area contributed by atoms with Crippen molar-refractivity contribution < 1.29 is 4.74 Å². The Morgan fingerprint density at radius 3 is 2.46 bits per heavy atom. The summed E-state index contributed by atoms with van der Waals surface area (Å²) in [6.07, 6.45) is 1.33. The molecule has 0 saturated carbocycles. The molecule has 0 aromatic heterocycles. The highest BCUT2D eigenvalue weighted by molar-refractivity contribution is 4.73. The van der Waals surface area contributed by atoms with Gasteiger partial charge in [-0.05, 0) is 32.4 Å². The Morgan fingerprint density at radius 1 is 1.31 bits per heavy atom. The number of hydrogen-bond donors (Lipinski definition) is 0. The zero-order valence-electron chi connectivity index (χ0n) is 9.68. The van der Waals surface area contributed by atoms with E-state index in [0.717, 1.165) is 19.1 Å². The van der Waals surface area contributed by atoms with Gasteiger partial charge < -0.3 is 9.64 Å². The maximum Gasteiger partial charge on any atom is 0.0506 e. The van der Waals surface area contributed by atoms with Gasteiger partial charge >= 0.3 is 0 Å². The molecule has 0 amide bonds. The Hall–Kier alpha value is -0.0800. The Morgan fingerprint density at radius 2 is 2.00 bits per heavy atom. The molecule has 0 unspecified atom stereocenters. The molecule has 2 nitrogen and oxygen atoms in total. The predicted molar refractivity (Wildman–Crippen MR) is 58.1 cm³/mol. The third kappa shape index (κ3) is 5.27. The van der Waals surface area contributed by atoms with Gasteiger partial charge in [0.25, 0.3) is 0 Å². The second-order valence-corrected chi connectivity index (χ2v) is 3.21. The van der Waals surface area contributed by atoms with Gasteiger partial charge in [0.1, 0.15) is 0 Å². The van der Waals surface area contributed by atoms with Crippen LogP contribution in [-0.4, -0.2) is 37.7 Å². The molecule has 1 atom stereocenters. The van der Waals surface area contributed by atoms with Gasteiger partial charge in [0, 0.05) is 13.2 Å². The Labute approximate surface area is 83.3 Å². The second kappa shape index (κ2) is 8.52. The van der Waals surface area contributed by atoms with E-state index in [4.69, 9.17) is 4.74 Å². The van der Waals surface area contributed by atoms with Crippen molar-refractivity contribution in [2.45, 2.75) is 34.1 Å². The molecule has 2 heteroatoms. The maximum atomic E-state index is 5.38. The number of likely N-dealkylation sites (tertiary alicyclic amines) is 1. The molecule has 1 aliphatic heterocycles. The van der Waals surface area contributed by atoms with Crippen LogP contribution in [0.5, 0.6) is 0 Å². The van der Waals surface area contributed by atoms with E-state index in [2.05, 4.69) is 18.7 Å². The lowest BCUT2D eigenvalue weighted by Crippen LogP contribution is -2.21. The summed E-state index contributed by atoms with van der Waals surface area (Å²) in [5.41, 5.74) is 0. The van der Waals surface area contributed by atoms with Crippen molar-refractivity contribution in [3.8, 4) is 0 Å². The lowest BCUT2D eigenvalue weighted by molar-refractivity contribution is 0.112. The third-order valence-corrected chi connectivity index (χ3v) is 2.37. The van der Waals surface area contributed by atoms with Gasteiger partial charge in [-0.3, -0.25) is 0 Å². The molecule has 1 fully saturated rings. The highest BCUT2D eigenvalue weighted by atomic mass is 16.5. The molecule has 1 heterocycles. The fourth-order valence-corrected chi connectivity index (χ4v) is 1.62. The molecule has 0 bridgehead atoms. The Balaban J connectivity index is 0.000000671. The van der Waals surface area contributed by atoms with Crippen LogP contribution >= 0.6 is 0 Å². The van der Waals surface area contributed by atoms with Gasteiger partial charge in [-0.15, -0.1) is 0 Å². The molecule has 1 aliphatic rings. The van der Waals surface area contributed by atoms with Crippen LogP contribution in [0.3, 0.4) is 0 Å². The van der Waals surface area contributed by atoms with E-state index in [-0.39, 0.29) is 0 Å². The van der Waals surface area contributed by atoms with Gasteiger partial charge in [-0.1, -0.05) is 20.8 Å². The van der Waals surface area contributed by atoms with E-state index in [0.29, 0.717) is 0 Å². The van der Waals surface area contributed by atoms with Crippen LogP contribution in [0.4, 0.5) is 0 Å². The first kappa shape index (κ1) is 12.9. The van der Waals surface area contributed by atoms with E-state index in [1.165, 1.54) is 26.1 Å². The molecule has 0 aromatic rings. The molecule has 0 radical (unpaired) electrons. The fourth-order valence-electron chi connectivity index (χ4n) is 1.62. The molecule has 0 N–H and O–H groups in total. The van der Waals surface area contributed by atoms with Crippen LogP contribution in [0.2, 0.25) is 0 Å². The average molecular weight is 187 g/mol. The zero-order valence-corrected chi connectivity index (χ0v) is 9.68. The molecule has 0 aliphatic carbocycles. The van der Waals surface area contributed by atoms with Crippen molar-refractivity contribution in [2.75, 3.05) is 32.8 Å². The van der Waals surface area contributed by atoms with E-state index in [1.807, 2.05) is 13.8 Å². The van der Waals surface area contributed by atoms with Crippen LogP contribution in [-0.2, 0) is 4.74 Å². The minimum Gasteiger partial charge on any atom is -0.381 e. The highest BCUT2D eigenvalue weighted by Gasteiger charge is 2.20. The summed E-state index contributed by atoms with van der Waals surface area (Å²) >= 11 is 0. The average Bonchev–Trinajstić information content (AvgIpc) is 2.65. The smallest absolute Gasteiger partial charge is 0.0506 e. The summed E-state index contributed by atoms with van der Waals surface area (Å²) in [7, 11) is 0. The molecule has 80 valence electrons. The summed E-state index contributed by atoms with van der Waals surface area (Å²) in [5.74, 6) is 0.801. The SMILES string of the molecule is CC.CCOC[C@@H]1CCN(CC)C1. The first-order valence-electron chi connectivity index (χ1n) is 5.66. The van der Waals surface area contributed by atoms with Crippen LogP contribution in [0, 0.1) is 5.92 Å². The number of hydrogen-bond acceptors (Lipinski definition) is 2. The summed E-state index contributed by atoms with van der Waals surface area (Å²) < 4.78 is 5.38. The minimum absolute atomic E-state index is 0.801. The Kier molecular flexibility index (Phi) is 8.46. The van der Waals surface area contributed by atoms with Gasteiger partial charge in [0.05, 0.1) is 6.61 Å². The summed E-state index contributed by atoms with van der Waals surface area (Å²) in [5, 5.41) is 0. The van der Waals surface area contributed by atoms with E-state index in [9.17, 15) is 0 Å². The standard InChI is InChI=1S/C9H19NO.C2H6/c1-3-10-6-5-9(7-10)8-11-4-2;1-2/h9H,3-8H2,1-2H3;1-2H3/t9-;/m1./s1. The van der Waals surface area contributed by atoms with Crippen molar-refractivity contribution >= 4 is 0 Å². The summed E-state index contributed by atoms with van der Waals surface area (Å²) in [4.78, 5) is 2.49. The summed E-state index contributed by atoms with van der Waals surface area (Å²) in [6.45, 7) is 13.8. The van der Waals surface area contributed by atoms with Crippen molar-refractivity contribution in [1.29, 1.82) is 0 Å². The van der Waals surface area contributed by atoms with E-state index >= 15 is 0 Å². The first-order chi connectivity index (χ1) is 6.36. The molecular weight excluding hydrogens is 162 g/mol. The maximum absolute atomic E-state index is 5.38. The number of rotatable bonds is 4. The molecule has 1 rings (SSSR count). The van der Waals surface area contributed by atoms with E-state index < -0.39 is 0 Å². The normalized spacial score (nSPS) is 22.6. The largest absolute Gasteiger partial charge is 0.381 e. The van der Waals surface area contributed by atoms with E-state index in [1.54, 1.807) is 0 Å². The second-order valence-electron chi connectivity index (χ2n) is 3.21. The topological polar surface area (TPSA) is 12.5 Å². The van der Waals surface area contributed by atoms with Crippen LogP contribution in [0.15, 0.2) is 0 Å². The van der Waals surface area contributed by atoms with Gasteiger partial charge in [0.15, 0.2) is 0 Å². The molecular formula is C11H25NO. The fraction of sp³-hybridized carbons (Fsp3) is 1.00. The lowest BCUT2D eigenvalue weighted by Gasteiger charge is -2.12. The van der Waals surface area contributed by atoms with Crippen LogP contribution in [0.25, 0.3) is 0 Å². The highest BCUT2D eigenvalue weighted by Crippen LogP contribution is 2.15. The van der Waals surface area contributed by atoms with Crippen molar-refractivity contribution in [1.82, 2.24) is 4.90 Å². The number of nitrogens with zero attached hydrogens (tertiary/aromatic N) is 1. The van der Waals surface area contributed by atoms with Crippen LogP contribution in [0.1, 0.15) is 34.1 Å². The van der Waals surface area contributed by atoms with Crippen LogP contribution < -0.4 is 0 Å². The van der Waals surface area contributed by atoms with Crippen molar-refractivity contribution in [3.05, 3.63) is 0 Å². The van der Waals surface area contributed by atoms with Crippen molar-refractivity contribution in [3.63, 3.8) is 0 Å². The predicted octanol–water partition coefficient (Wildman–Crippen LogP) is 2.39. The third-order valence-electron chi connectivity index (χ3n) is 2.37. The van der Waals surface area contributed by atoms with Gasteiger partial charge in [0.2, 0.25) is 0 Å². The quantitative estimate of drug-likeness (QED) is 0.670. The molecule has 1 saturated heterocycles. The first-order valence-corrected chi connectivity index (χ1v) is 5.66. The zero-order chi connectivity index (χ0) is 10.1. The molecule has 13 heavy (non-hydrogen) atoms. The van der Waals surface area contributed by atoms with Crippen molar-refractivity contribution in [2.24, 2.45) is 5.92 Å². The molecule has 0 aromatic carbocycles. The monoisotopic (exact) mass is 187 g/mol. The van der Waals surface area contributed by atoms with Gasteiger partial charge in [-0.25, -0.2) is 0 Å². The summed E-state index contributed by atoms with van der Waals surface area (Å²) in [6, 6.07) is 0. The van der Waals surface area contributed by atoms with Gasteiger partial charge in [-0.2, -0.15) is 0 Å². The number of ether oxygens (including phenoxy) is 1. The Bertz CT molecular complexity index is 106.